The molecule has 84 valence electrons. The number of Topliss-reactive ketones (excluding diaryl/α,β-unsaturated/α-hetero) is 1. The van der Waals surface area contributed by atoms with Crippen molar-refractivity contribution in [3.63, 3.8) is 0 Å². The Labute approximate surface area is 95.7 Å². The molecular formula is C13H15NO2. The van der Waals surface area contributed by atoms with Gasteiger partial charge in [0.15, 0.2) is 5.78 Å². The summed E-state index contributed by atoms with van der Waals surface area (Å²) in [7, 11) is 1.61. The minimum absolute atomic E-state index is 0.129. The second-order valence-corrected chi connectivity index (χ2v) is 3.78. The van der Waals surface area contributed by atoms with Gasteiger partial charge in [-0.1, -0.05) is 6.07 Å². The average Bonchev–Trinajstić information content (AvgIpc) is 2.25. The zero-order valence-corrected chi connectivity index (χ0v) is 10.00. The van der Waals surface area contributed by atoms with Crippen LogP contribution in [0, 0.1) is 25.2 Å². The first-order chi connectivity index (χ1) is 7.52. The quantitative estimate of drug-likeness (QED) is 0.781. The molecule has 1 unspecified atom stereocenters. The van der Waals surface area contributed by atoms with Gasteiger partial charge in [-0.15, -0.1) is 0 Å². The highest BCUT2D eigenvalue weighted by molar-refractivity contribution is 5.86. The third-order valence-electron chi connectivity index (χ3n) is 2.85. The van der Waals surface area contributed by atoms with Gasteiger partial charge in [0.05, 0.1) is 13.2 Å². The maximum absolute atomic E-state index is 11.3. The topological polar surface area (TPSA) is 50.1 Å². The number of methoxy groups -OCH3 is 1. The van der Waals surface area contributed by atoms with Gasteiger partial charge in [-0.3, -0.25) is 4.79 Å². The number of hydrogen-bond donors (Lipinski definition) is 0. The highest BCUT2D eigenvalue weighted by atomic mass is 16.5. The first-order valence-corrected chi connectivity index (χ1v) is 5.07. The first-order valence-electron chi connectivity index (χ1n) is 5.07. The van der Waals surface area contributed by atoms with E-state index in [-0.39, 0.29) is 5.78 Å². The molecule has 1 aromatic rings. The van der Waals surface area contributed by atoms with Crippen molar-refractivity contribution >= 4 is 5.78 Å². The van der Waals surface area contributed by atoms with Crippen molar-refractivity contribution in [3.8, 4) is 11.8 Å². The van der Waals surface area contributed by atoms with Crippen LogP contribution >= 0.6 is 0 Å². The molecule has 0 aliphatic carbocycles. The summed E-state index contributed by atoms with van der Waals surface area (Å²) in [5.41, 5.74) is 2.69. The molecule has 1 aromatic carbocycles. The van der Waals surface area contributed by atoms with Crippen molar-refractivity contribution < 1.29 is 9.53 Å². The van der Waals surface area contributed by atoms with E-state index >= 15 is 0 Å². The molecule has 0 N–H and O–H groups in total. The van der Waals surface area contributed by atoms with E-state index in [2.05, 4.69) is 0 Å². The molecule has 0 heterocycles. The van der Waals surface area contributed by atoms with Crippen LogP contribution in [0.15, 0.2) is 12.1 Å². The van der Waals surface area contributed by atoms with E-state index in [1.165, 1.54) is 6.92 Å². The number of rotatable bonds is 3. The molecule has 3 nitrogen and oxygen atoms in total. The Balaban J connectivity index is 3.32. The summed E-state index contributed by atoms with van der Waals surface area (Å²) < 4.78 is 5.19. The van der Waals surface area contributed by atoms with Crippen LogP contribution < -0.4 is 4.74 Å². The number of carbonyl (C=O) groups is 1. The molecule has 0 amide bonds. The van der Waals surface area contributed by atoms with Crippen molar-refractivity contribution in [2.45, 2.75) is 26.7 Å². The van der Waals surface area contributed by atoms with Gasteiger partial charge in [0.2, 0.25) is 0 Å². The van der Waals surface area contributed by atoms with Crippen molar-refractivity contribution in [2.75, 3.05) is 7.11 Å². The van der Waals surface area contributed by atoms with Crippen LogP contribution in [0.3, 0.4) is 0 Å². The lowest BCUT2D eigenvalue weighted by Gasteiger charge is -2.14. The largest absolute Gasteiger partial charge is 0.496 e. The fraction of sp³-hybridized carbons (Fsp3) is 0.385. The van der Waals surface area contributed by atoms with Crippen LogP contribution in [0.4, 0.5) is 0 Å². The molecule has 0 aliphatic heterocycles. The normalized spacial score (nSPS) is 11.7. The van der Waals surface area contributed by atoms with Gasteiger partial charge in [-0.25, -0.2) is 0 Å². The number of carbonyl (C=O) groups excluding carboxylic acids is 1. The summed E-state index contributed by atoms with van der Waals surface area (Å²) in [6.45, 7) is 5.26. The van der Waals surface area contributed by atoms with Crippen LogP contribution in [0.1, 0.15) is 29.5 Å². The highest BCUT2D eigenvalue weighted by Crippen LogP contribution is 2.28. The number of ketones is 1. The van der Waals surface area contributed by atoms with Crippen molar-refractivity contribution in [1.82, 2.24) is 0 Å². The second kappa shape index (κ2) is 4.80. The van der Waals surface area contributed by atoms with Crippen molar-refractivity contribution in [2.24, 2.45) is 0 Å². The van der Waals surface area contributed by atoms with E-state index in [1.54, 1.807) is 19.2 Å². The smallest absolute Gasteiger partial charge is 0.151 e. The van der Waals surface area contributed by atoms with Crippen molar-refractivity contribution in [3.05, 3.63) is 28.8 Å². The lowest BCUT2D eigenvalue weighted by molar-refractivity contribution is -0.117. The average molecular weight is 217 g/mol. The van der Waals surface area contributed by atoms with Crippen molar-refractivity contribution in [1.29, 1.82) is 5.26 Å². The van der Waals surface area contributed by atoms with E-state index in [0.29, 0.717) is 0 Å². The predicted octanol–water partition coefficient (Wildman–Crippen LogP) is 2.51. The standard InChI is InChI=1S/C13H15NO2/c1-8-9(2)13(16-4)6-5-11(8)12(7-14)10(3)15/h5-6,12H,1-4H3. The first kappa shape index (κ1) is 12.3. The van der Waals surface area contributed by atoms with Crippen LogP contribution in [0.2, 0.25) is 0 Å². The zero-order valence-electron chi connectivity index (χ0n) is 10.00. The second-order valence-electron chi connectivity index (χ2n) is 3.78. The van der Waals surface area contributed by atoms with Crippen LogP contribution in [-0.4, -0.2) is 12.9 Å². The zero-order chi connectivity index (χ0) is 12.3. The van der Waals surface area contributed by atoms with Gasteiger partial charge < -0.3 is 4.74 Å². The van der Waals surface area contributed by atoms with Gasteiger partial charge in [0.25, 0.3) is 0 Å². The minimum atomic E-state index is -0.676. The third kappa shape index (κ3) is 2.06. The van der Waals surface area contributed by atoms with Crippen LogP contribution in [0.25, 0.3) is 0 Å². The van der Waals surface area contributed by atoms with E-state index in [4.69, 9.17) is 10.00 Å². The molecule has 1 atom stereocenters. The van der Waals surface area contributed by atoms with Gasteiger partial charge in [-0.2, -0.15) is 5.26 Å². The van der Waals surface area contributed by atoms with E-state index in [9.17, 15) is 4.79 Å². The summed E-state index contributed by atoms with van der Waals surface area (Å²) >= 11 is 0. The molecule has 0 saturated carbocycles. The summed E-state index contributed by atoms with van der Waals surface area (Å²) in [6.07, 6.45) is 0. The molecule has 3 heteroatoms. The third-order valence-corrected chi connectivity index (χ3v) is 2.85. The Bertz CT molecular complexity index is 458. The Morgan fingerprint density at radius 3 is 2.44 bits per heavy atom. The Morgan fingerprint density at radius 2 is 2.00 bits per heavy atom. The minimum Gasteiger partial charge on any atom is -0.496 e. The number of hydrogen-bond acceptors (Lipinski definition) is 3. The lowest BCUT2D eigenvalue weighted by atomic mass is 9.90. The molecule has 0 aromatic heterocycles. The molecular weight excluding hydrogens is 202 g/mol. The van der Waals surface area contributed by atoms with E-state index < -0.39 is 5.92 Å². The number of ether oxygens (including phenoxy) is 1. The monoisotopic (exact) mass is 217 g/mol. The SMILES string of the molecule is COc1ccc(C(C#N)C(C)=O)c(C)c1C. The molecule has 0 radical (unpaired) electrons. The predicted molar refractivity (Wildman–Crippen MR) is 61.5 cm³/mol. The van der Waals surface area contributed by atoms with Crippen LogP contribution in [0.5, 0.6) is 5.75 Å². The summed E-state index contributed by atoms with van der Waals surface area (Å²) in [5.74, 6) is -0.0266. The lowest BCUT2D eigenvalue weighted by Crippen LogP contribution is -2.09. The fourth-order valence-electron chi connectivity index (χ4n) is 1.73. The Hall–Kier alpha value is -1.82. The maximum atomic E-state index is 11.3. The molecule has 0 spiro atoms. The molecule has 0 saturated heterocycles. The van der Waals surface area contributed by atoms with Gasteiger partial charge in [0.1, 0.15) is 11.7 Å². The Morgan fingerprint density at radius 1 is 1.38 bits per heavy atom. The number of nitriles is 1. The molecule has 0 bridgehead atoms. The van der Waals surface area contributed by atoms with Gasteiger partial charge in [-0.05, 0) is 43.5 Å². The van der Waals surface area contributed by atoms with Gasteiger partial charge >= 0.3 is 0 Å². The fourth-order valence-corrected chi connectivity index (χ4v) is 1.73. The molecule has 0 aliphatic rings. The molecule has 0 fully saturated rings. The summed E-state index contributed by atoms with van der Waals surface area (Å²) in [5, 5.41) is 8.99. The van der Waals surface area contributed by atoms with E-state index in [1.807, 2.05) is 19.9 Å². The van der Waals surface area contributed by atoms with E-state index in [0.717, 1.165) is 22.4 Å². The highest BCUT2D eigenvalue weighted by Gasteiger charge is 2.19. The molecule has 1 rings (SSSR count). The number of nitrogens with zero attached hydrogens (tertiary/aromatic N) is 1. The summed E-state index contributed by atoms with van der Waals surface area (Å²) in [6, 6.07) is 5.62. The number of benzene rings is 1. The van der Waals surface area contributed by atoms with Crippen LogP contribution in [-0.2, 0) is 4.79 Å². The van der Waals surface area contributed by atoms with Gasteiger partial charge in [0, 0.05) is 0 Å². The Kier molecular flexibility index (Phi) is 3.68. The molecule has 16 heavy (non-hydrogen) atoms. The summed E-state index contributed by atoms with van der Waals surface area (Å²) in [4.78, 5) is 11.3. The maximum Gasteiger partial charge on any atom is 0.151 e.